The van der Waals surface area contributed by atoms with Gasteiger partial charge in [0.25, 0.3) is 0 Å². The second kappa shape index (κ2) is 6.14. The van der Waals surface area contributed by atoms with E-state index < -0.39 is 11.9 Å². The van der Waals surface area contributed by atoms with Gasteiger partial charge in [0.2, 0.25) is 5.91 Å². The summed E-state index contributed by atoms with van der Waals surface area (Å²) in [5.74, 6) is -1.24. The number of aromatic nitrogens is 1. The number of thiazole rings is 1. The van der Waals surface area contributed by atoms with Gasteiger partial charge < -0.3 is 10.0 Å². The number of carboxylic acid groups (broad SMARTS) is 1. The van der Waals surface area contributed by atoms with Crippen molar-refractivity contribution >= 4 is 23.2 Å². The van der Waals surface area contributed by atoms with Crippen molar-refractivity contribution in [3.63, 3.8) is 0 Å². The van der Waals surface area contributed by atoms with Crippen LogP contribution in [0.3, 0.4) is 0 Å². The van der Waals surface area contributed by atoms with Crippen LogP contribution in [0.25, 0.3) is 0 Å². The van der Waals surface area contributed by atoms with E-state index in [1.807, 2.05) is 12.3 Å². The maximum Gasteiger partial charge on any atom is 0.308 e. The summed E-state index contributed by atoms with van der Waals surface area (Å²) in [6.07, 6.45) is 2.59. The Kier molecular flexibility index (Phi) is 4.52. The highest BCUT2D eigenvalue weighted by atomic mass is 32.1. The van der Waals surface area contributed by atoms with Crippen LogP contribution >= 0.6 is 11.3 Å². The summed E-state index contributed by atoms with van der Waals surface area (Å²) in [4.78, 5) is 29.1. The van der Waals surface area contributed by atoms with Crippen molar-refractivity contribution in [1.82, 2.24) is 9.88 Å². The van der Waals surface area contributed by atoms with Crippen LogP contribution in [0.1, 0.15) is 30.5 Å². The fourth-order valence-corrected chi connectivity index (χ4v) is 3.01. The highest BCUT2D eigenvalue weighted by Crippen LogP contribution is 2.18. The summed E-state index contributed by atoms with van der Waals surface area (Å²) < 4.78 is 0. The van der Waals surface area contributed by atoms with Gasteiger partial charge >= 0.3 is 5.97 Å². The lowest BCUT2D eigenvalue weighted by Crippen LogP contribution is -2.43. The molecule has 0 aromatic carbocycles. The highest BCUT2D eigenvalue weighted by Gasteiger charge is 2.28. The predicted molar refractivity (Wildman–Crippen MR) is 72.1 cm³/mol. The molecule has 6 heteroatoms. The quantitative estimate of drug-likeness (QED) is 0.910. The number of piperidine rings is 1. The zero-order chi connectivity index (χ0) is 13.8. The molecule has 0 radical (unpaired) electrons. The van der Waals surface area contributed by atoms with E-state index in [1.165, 1.54) is 0 Å². The average Bonchev–Trinajstić information content (AvgIpc) is 2.86. The Bertz CT molecular complexity index is 472. The molecule has 0 spiro atoms. The van der Waals surface area contributed by atoms with Crippen LogP contribution in [-0.2, 0) is 22.4 Å². The molecule has 0 saturated carbocycles. The monoisotopic (exact) mass is 282 g/mol. The molecule has 1 aromatic heterocycles. The first-order valence-corrected chi connectivity index (χ1v) is 7.42. The van der Waals surface area contributed by atoms with Crippen LogP contribution in [0.2, 0.25) is 0 Å². The molecule has 1 fully saturated rings. The molecule has 2 rings (SSSR count). The molecule has 0 aliphatic carbocycles. The minimum absolute atomic E-state index is 0.0149. The van der Waals surface area contributed by atoms with E-state index in [0.29, 0.717) is 19.5 Å². The van der Waals surface area contributed by atoms with Crippen LogP contribution in [0, 0.1) is 5.92 Å². The maximum absolute atomic E-state index is 12.1. The minimum Gasteiger partial charge on any atom is -0.481 e. The molecular weight excluding hydrogens is 264 g/mol. The molecule has 1 atom stereocenters. The lowest BCUT2D eigenvalue weighted by atomic mass is 9.98. The molecule has 2 heterocycles. The first-order valence-electron chi connectivity index (χ1n) is 6.54. The second-order valence-electron chi connectivity index (χ2n) is 4.78. The van der Waals surface area contributed by atoms with Crippen LogP contribution in [0.4, 0.5) is 0 Å². The van der Waals surface area contributed by atoms with Crippen LogP contribution in [0.5, 0.6) is 0 Å². The van der Waals surface area contributed by atoms with Gasteiger partial charge in [-0.3, -0.25) is 9.59 Å². The Balaban J connectivity index is 1.93. The van der Waals surface area contributed by atoms with Gasteiger partial charge in [0, 0.05) is 18.5 Å². The Hall–Kier alpha value is -1.43. The Morgan fingerprint density at radius 1 is 1.58 bits per heavy atom. The minimum atomic E-state index is -0.806. The summed E-state index contributed by atoms with van der Waals surface area (Å²) in [6.45, 7) is 3.03. The number of nitrogens with zero attached hydrogens (tertiary/aromatic N) is 2. The van der Waals surface area contributed by atoms with Crippen molar-refractivity contribution in [2.24, 2.45) is 5.92 Å². The third-order valence-corrected chi connectivity index (χ3v) is 4.40. The Morgan fingerprint density at radius 3 is 3.00 bits per heavy atom. The van der Waals surface area contributed by atoms with E-state index in [4.69, 9.17) is 5.11 Å². The second-order valence-corrected chi connectivity index (χ2v) is 5.72. The molecule has 5 nitrogen and oxygen atoms in total. The third kappa shape index (κ3) is 3.53. The standard InChI is InChI=1S/C13H18N2O3S/c1-2-11-14-10(8-19-11)6-12(16)15-5-3-4-9(7-15)13(17)18/h8-9H,2-7H2,1H3,(H,17,18)/t9-/m0/s1. The van der Waals surface area contributed by atoms with E-state index in [9.17, 15) is 9.59 Å². The molecule has 1 amide bonds. The number of likely N-dealkylation sites (tertiary alicyclic amines) is 1. The fourth-order valence-electron chi connectivity index (χ4n) is 2.26. The van der Waals surface area contributed by atoms with Crippen LogP contribution < -0.4 is 0 Å². The lowest BCUT2D eigenvalue weighted by Gasteiger charge is -2.30. The van der Waals surface area contributed by atoms with Crippen molar-refractivity contribution in [3.05, 3.63) is 16.1 Å². The van der Waals surface area contributed by atoms with Gasteiger partial charge in [-0.15, -0.1) is 11.3 Å². The molecule has 1 aliphatic rings. The third-order valence-electron chi connectivity index (χ3n) is 3.36. The van der Waals surface area contributed by atoms with Gasteiger partial charge in [0.1, 0.15) is 0 Å². The summed E-state index contributed by atoms with van der Waals surface area (Å²) in [7, 11) is 0. The number of carbonyl (C=O) groups is 2. The van der Waals surface area contributed by atoms with Gasteiger partial charge in [-0.1, -0.05) is 6.92 Å². The van der Waals surface area contributed by atoms with Crippen molar-refractivity contribution in [3.8, 4) is 0 Å². The van der Waals surface area contributed by atoms with Crippen LogP contribution in [-0.4, -0.2) is 40.0 Å². The molecule has 1 aromatic rings. The number of carboxylic acids is 1. The number of amides is 1. The molecule has 1 N–H and O–H groups in total. The zero-order valence-electron chi connectivity index (χ0n) is 11.0. The van der Waals surface area contributed by atoms with Gasteiger partial charge in [0.05, 0.1) is 23.0 Å². The molecule has 1 saturated heterocycles. The summed E-state index contributed by atoms with van der Waals surface area (Å²) in [5, 5.41) is 12.0. The highest BCUT2D eigenvalue weighted by molar-refractivity contribution is 7.09. The molecule has 0 unspecified atom stereocenters. The van der Waals surface area contributed by atoms with Crippen molar-refractivity contribution in [2.75, 3.05) is 13.1 Å². The van der Waals surface area contributed by atoms with Crippen molar-refractivity contribution in [1.29, 1.82) is 0 Å². The maximum atomic E-state index is 12.1. The largest absolute Gasteiger partial charge is 0.481 e. The van der Waals surface area contributed by atoms with Crippen LogP contribution in [0.15, 0.2) is 5.38 Å². The fraction of sp³-hybridized carbons (Fsp3) is 0.615. The van der Waals surface area contributed by atoms with Gasteiger partial charge in [-0.25, -0.2) is 4.98 Å². The van der Waals surface area contributed by atoms with Gasteiger partial charge in [-0.05, 0) is 19.3 Å². The first kappa shape index (κ1) is 14.0. The predicted octanol–water partition coefficient (Wildman–Crippen LogP) is 1.57. The SMILES string of the molecule is CCc1nc(CC(=O)N2CCC[C@H](C(=O)O)C2)cs1. The number of rotatable bonds is 4. The Morgan fingerprint density at radius 2 is 2.37 bits per heavy atom. The average molecular weight is 282 g/mol. The molecule has 104 valence electrons. The number of carbonyl (C=O) groups excluding carboxylic acids is 1. The molecule has 0 bridgehead atoms. The molecule has 1 aliphatic heterocycles. The Labute approximate surface area is 116 Å². The number of aryl methyl sites for hydroxylation is 1. The lowest BCUT2D eigenvalue weighted by molar-refractivity contribution is -0.145. The number of aliphatic carboxylic acids is 1. The van der Waals surface area contributed by atoms with E-state index in [-0.39, 0.29) is 12.3 Å². The number of hydrogen-bond acceptors (Lipinski definition) is 4. The van der Waals surface area contributed by atoms with E-state index in [1.54, 1.807) is 16.2 Å². The van der Waals surface area contributed by atoms with E-state index >= 15 is 0 Å². The van der Waals surface area contributed by atoms with E-state index in [2.05, 4.69) is 4.98 Å². The first-order chi connectivity index (χ1) is 9.10. The normalized spacial score (nSPS) is 19.4. The van der Waals surface area contributed by atoms with Gasteiger partial charge in [-0.2, -0.15) is 0 Å². The number of hydrogen-bond donors (Lipinski definition) is 1. The van der Waals surface area contributed by atoms with Gasteiger partial charge in [0.15, 0.2) is 0 Å². The van der Waals surface area contributed by atoms with Crippen molar-refractivity contribution < 1.29 is 14.7 Å². The molecular formula is C13H18N2O3S. The van der Waals surface area contributed by atoms with Crippen molar-refractivity contribution in [2.45, 2.75) is 32.6 Å². The smallest absolute Gasteiger partial charge is 0.308 e. The summed E-state index contributed by atoms with van der Waals surface area (Å²) in [5.41, 5.74) is 0.796. The summed E-state index contributed by atoms with van der Waals surface area (Å²) in [6, 6.07) is 0. The topological polar surface area (TPSA) is 70.5 Å². The van der Waals surface area contributed by atoms with E-state index in [0.717, 1.165) is 23.5 Å². The molecule has 19 heavy (non-hydrogen) atoms. The zero-order valence-corrected chi connectivity index (χ0v) is 11.8. The summed E-state index contributed by atoms with van der Waals surface area (Å²) >= 11 is 1.57.